The molecule has 1 heterocycles. The maximum atomic E-state index is 12.3. The third kappa shape index (κ3) is 4.14. The lowest BCUT2D eigenvalue weighted by Crippen LogP contribution is -2.11. The Morgan fingerprint density at radius 3 is 2.36 bits per heavy atom. The van der Waals surface area contributed by atoms with Crippen molar-refractivity contribution in [1.29, 1.82) is 0 Å². The van der Waals surface area contributed by atoms with Crippen LogP contribution in [0.3, 0.4) is 0 Å². The number of nitrogens with zero attached hydrogens (tertiary/aromatic N) is 3. The number of carbonyl (C=O) groups excluding carboxylic acids is 1. The molecule has 0 atom stereocenters. The number of amides is 1. The number of hydrogen-bond acceptors (Lipinski definition) is 5. The largest absolute Gasteiger partial charge is 0.478 e. The van der Waals surface area contributed by atoms with Crippen molar-refractivity contribution in [1.82, 2.24) is 20.6 Å². The molecule has 0 saturated heterocycles. The fourth-order valence-electron chi connectivity index (χ4n) is 2.10. The molecule has 0 spiro atoms. The molecule has 0 aliphatic carbocycles. The number of tetrazole rings is 1. The van der Waals surface area contributed by atoms with Gasteiger partial charge >= 0.3 is 5.97 Å². The number of aliphatic carboxylic acids is 1. The van der Waals surface area contributed by atoms with Gasteiger partial charge in [-0.2, -0.15) is 5.21 Å². The van der Waals surface area contributed by atoms with Gasteiger partial charge in [0.05, 0.1) is 0 Å². The summed E-state index contributed by atoms with van der Waals surface area (Å²) in [7, 11) is 0. The molecule has 3 aromatic rings. The van der Waals surface area contributed by atoms with Gasteiger partial charge in [0, 0.05) is 22.9 Å². The van der Waals surface area contributed by atoms with Crippen molar-refractivity contribution < 1.29 is 14.7 Å². The Kier molecular flexibility index (Phi) is 4.61. The number of carboxylic acids is 1. The smallest absolute Gasteiger partial charge is 0.328 e. The molecular weight excluding hydrogens is 322 g/mol. The molecule has 3 rings (SSSR count). The first-order chi connectivity index (χ1) is 12.1. The highest BCUT2D eigenvalue weighted by Crippen LogP contribution is 2.16. The van der Waals surface area contributed by atoms with E-state index in [-0.39, 0.29) is 5.91 Å². The van der Waals surface area contributed by atoms with E-state index in [4.69, 9.17) is 5.11 Å². The van der Waals surface area contributed by atoms with E-state index in [2.05, 4.69) is 25.9 Å². The summed E-state index contributed by atoms with van der Waals surface area (Å²) >= 11 is 0. The van der Waals surface area contributed by atoms with Crippen molar-refractivity contribution in [2.75, 3.05) is 5.32 Å². The van der Waals surface area contributed by atoms with E-state index in [1.54, 1.807) is 48.5 Å². The van der Waals surface area contributed by atoms with E-state index in [0.29, 0.717) is 17.1 Å². The summed E-state index contributed by atoms with van der Waals surface area (Å²) in [6, 6.07) is 13.7. The molecule has 1 amide bonds. The average molecular weight is 335 g/mol. The first-order valence-electron chi connectivity index (χ1n) is 7.28. The highest BCUT2D eigenvalue weighted by molar-refractivity contribution is 6.04. The van der Waals surface area contributed by atoms with E-state index in [9.17, 15) is 9.59 Å². The fraction of sp³-hybridized carbons (Fsp3) is 0. The van der Waals surface area contributed by atoms with Crippen molar-refractivity contribution in [2.24, 2.45) is 0 Å². The van der Waals surface area contributed by atoms with Crippen LogP contribution in [0.1, 0.15) is 15.9 Å². The van der Waals surface area contributed by atoms with Gasteiger partial charge in [-0.1, -0.05) is 24.3 Å². The summed E-state index contributed by atoms with van der Waals surface area (Å²) in [4.78, 5) is 22.7. The average Bonchev–Trinajstić information content (AvgIpc) is 3.16. The Hall–Kier alpha value is -3.81. The Morgan fingerprint density at radius 2 is 1.76 bits per heavy atom. The Balaban J connectivity index is 1.66. The predicted molar refractivity (Wildman–Crippen MR) is 90.7 cm³/mol. The van der Waals surface area contributed by atoms with Crippen LogP contribution in [0.5, 0.6) is 0 Å². The van der Waals surface area contributed by atoms with E-state index in [1.165, 1.54) is 6.08 Å². The molecule has 8 nitrogen and oxygen atoms in total. The van der Waals surface area contributed by atoms with Crippen LogP contribution in [0.25, 0.3) is 17.5 Å². The number of aromatic nitrogens is 4. The molecule has 2 aromatic carbocycles. The second-order valence-electron chi connectivity index (χ2n) is 5.06. The minimum Gasteiger partial charge on any atom is -0.478 e. The van der Waals surface area contributed by atoms with Gasteiger partial charge < -0.3 is 10.4 Å². The standard InChI is InChI=1S/C17H13N5O3/c23-15(24)10-3-11-1-8-14(9-2-11)18-17(25)13-6-4-12(5-7-13)16-19-21-22-20-16/h1-10H,(H,18,25)(H,23,24)(H,19,20,21,22). The van der Waals surface area contributed by atoms with Crippen molar-refractivity contribution >= 4 is 23.6 Å². The number of hydrogen-bond donors (Lipinski definition) is 3. The van der Waals surface area contributed by atoms with Crippen LogP contribution in [-0.2, 0) is 4.79 Å². The summed E-state index contributed by atoms with van der Waals surface area (Å²) in [5, 5.41) is 25.0. The van der Waals surface area contributed by atoms with Crippen molar-refractivity contribution in [3.8, 4) is 11.4 Å². The first-order valence-corrected chi connectivity index (χ1v) is 7.28. The Morgan fingerprint density at radius 1 is 1.04 bits per heavy atom. The maximum Gasteiger partial charge on any atom is 0.328 e. The second kappa shape index (κ2) is 7.18. The lowest BCUT2D eigenvalue weighted by molar-refractivity contribution is -0.131. The van der Waals surface area contributed by atoms with Gasteiger partial charge in [-0.15, -0.1) is 10.2 Å². The van der Waals surface area contributed by atoms with Crippen LogP contribution >= 0.6 is 0 Å². The third-order valence-corrected chi connectivity index (χ3v) is 3.34. The lowest BCUT2D eigenvalue weighted by atomic mass is 10.1. The maximum absolute atomic E-state index is 12.3. The number of benzene rings is 2. The minimum atomic E-state index is -1.01. The van der Waals surface area contributed by atoms with Gasteiger partial charge in [-0.05, 0) is 41.1 Å². The van der Waals surface area contributed by atoms with Gasteiger partial charge in [0.1, 0.15) is 0 Å². The second-order valence-corrected chi connectivity index (χ2v) is 5.06. The predicted octanol–water partition coefficient (Wildman–Crippen LogP) is 2.22. The van der Waals surface area contributed by atoms with Crippen LogP contribution in [0.2, 0.25) is 0 Å². The Labute approximate surface area is 142 Å². The normalized spacial score (nSPS) is 10.7. The van der Waals surface area contributed by atoms with Crippen LogP contribution in [-0.4, -0.2) is 37.6 Å². The highest BCUT2D eigenvalue weighted by Gasteiger charge is 2.08. The number of aromatic amines is 1. The minimum absolute atomic E-state index is 0.256. The number of carbonyl (C=O) groups is 2. The van der Waals surface area contributed by atoms with Gasteiger partial charge in [0.15, 0.2) is 0 Å². The summed E-state index contributed by atoms with van der Waals surface area (Å²) in [5.41, 5.74) is 2.58. The molecule has 8 heteroatoms. The summed E-state index contributed by atoms with van der Waals surface area (Å²) in [6.45, 7) is 0. The summed E-state index contributed by atoms with van der Waals surface area (Å²) in [6.07, 6.45) is 2.53. The van der Waals surface area contributed by atoms with Gasteiger partial charge in [-0.3, -0.25) is 4.79 Å². The molecule has 3 N–H and O–H groups in total. The van der Waals surface area contributed by atoms with Gasteiger partial charge in [0.2, 0.25) is 5.82 Å². The van der Waals surface area contributed by atoms with Crippen LogP contribution < -0.4 is 5.32 Å². The zero-order valence-corrected chi connectivity index (χ0v) is 12.9. The SMILES string of the molecule is O=C(O)C=Cc1ccc(NC(=O)c2ccc(-c3nn[nH]n3)cc2)cc1. The van der Waals surface area contributed by atoms with E-state index < -0.39 is 5.97 Å². The zero-order valence-electron chi connectivity index (χ0n) is 12.9. The molecule has 0 fully saturated rings. The van der Waals surface area contributed by atoms with Gasteiger partial charge in [-0.25, -0.2) is 4.79 Å². The molecular formula is C17H13N5O3. The molecule has 1 aromatic heterocycles. The fourth-order valence-corrected chi connectivity index (χ4v) is 2.10. The van der Waals surface area contributed by atoms with Crippen molar-refractivity contribution in [3.05, 3.63) is 65.7 Å². The van der Waals surface area contributed by atoms with E-state index in [0.717, 1.165) is 17.2 Å². The zero-order chi connectivity index (χ0) is 17.6. The topological polar surface area (TPSA) is 121 Å². The summed E-state index contributed by atoms with van der Waals surface area (Å²) < 4.78 is 0. The number of anilines is 1. The molecule has 0 aliphatic rings. The monoisotopic (exact) mass is 335 g/mol. The van der Waals surface area contributed by atoms with Crippen LogP contribution in [0, 0.1) is 0 Å². The van der Waals surface area contributed by atoms with Crippen molar-refractivity contribution in [2.45, 2.75) is 0 Å². The number of H-pyrrole nitrogens is 1. The molecule has 0 unspecified atom stereocenters. The molecule has 124 valence electrons. The number of rotatable bonds is 5. The first kappa shape index (κ1) is 16.1. The molecule has 0 bridgehead atoms. The third-order valence-electron chi connectivity index (χ3n) is 3.34. The lowest BCUT2D eigenvalue weighted by Gasteiger charge is -2.06. The summed E-state index contributed by atoms with van der Waals surface area (Å²) in [5.74, 6) is -0.813. The van der Waals surface area contributed by atoms with Gasteiger partial charge in [0.25, 0.3) is 5.91 Å². The number of nitrogens with one attached hydrogen (secondary N) is 2. The molecule has 0 aliphatic heterocycles. The van der Waals surface area contributed by atoms with E-state index in [1.807, 2.05) is 0 Å². The molecule has 0 radical (unpaired) electrons. The Bertz CT molecular complexity index is 900. The quantitative estimate of drug-likeness (QED) is 0.615. The van der Waals surface area contributed by atoms with Crippen molar-refractivity contribution in [3.63, 3.8) is 0 Å². The van der Waals surface area contributed by atoms with E-state index >= 15 is 0 Å². The molecule has 25 heavy (non-hydrogen) atoms. The van der Waals surface area contributed by atoms with Crippen LogP contribution in [0.4, 0.5) is 5.69 Å². The number of carboxylic acid groups (broad SMARTS) is 1. The highest BCUT2D eigenvalue weighted by atomic mass is 16.4. The van der Waals surface area contributed by atoms with Crippen LogP contribution in [0.15, 0.2) is 54.6 Å². The molecule has 0 saturated carbocycles.